The molecule has 0 saturated heterocycles. The van der Waals surface area contributed by atoms with Crippen molar-refractivity contribution in [2.75, 3.05) is 26.2 Å². The number of nitrogens with zero attached hydrogens (tertiary/aromatic N) is 1. The second kappa shape index (κ2) is 14.6. The smallest absolute Gasteiger partial charge is 0.265 e. The minimum Gasteiger partial charge on any atom is -0.330 e. The minimum atomic E-state index is -3.71. The second-order valence-electron chi connectivity index (χ2n) is 6.44. The Hall–Kier alpha value is -0.410. The molecular formula is C18H35Cl2N3O3S. The molecule has 6 nitrogen and oxygen atoms in total. The van der Waals surface area contributed by atoms with Gasteiger partial charge >= 0.3 is 0 Å². The zero-order valence-corrected chi connectivity index (χ0v) is 19.0. The number of sulfonamides is 1. The van der Waals surface area contributed by atoms with E-state index < -0.39 is 10.0 Å². The second-order valence-corrected chi connectivity index (χ2v) is 8.20. The zero-order valence-electron chi connectivity index (χ0n) is 16.6. The van der Waals surface area contributed by atoms with Gasteiger partial charge in [-0.3, -0.25) is 4.84 Å². The number of aryl methyl sites for hydroxylation is 3. The summed E-state index contributed by atoms with van der Waals surface area (Å²) in [6.45, 7) is 7.37. The van der Waals surface area contributed by atoms with E-state index in [1.54, 1.807) is 0 Å². The quantitative estimate of drug-likeness (QED) is 0.381. The van der Waals surface area contributed by atoms with Crippen molar-refractivity contribution in [2.24, 2.45) is 11.5 Å². The van der Waals surface area contributed by atoms with E-state index in [1.807, 2.05) is 32.9 Å². The summed E-state index contributed by atoms with van der Waals surface area (Å²) in [5.41, 5.74) is 13.5. The molecule has 0 aliphatic rings. The minimum absolute atomic E-state index is 0. The fraction of sp³-hybridized carbons (Fsp3) is 0.667. The van der Waals surface area contributed by atoms with Gasteiger partial charge in [0, 0.05) is 6.54 Å². The van der Waals surface area contributed by atoms with Gasteiger partial charge in [-0.2, -0.15) is 0 Å². The summed E-state index contributed by atoms with van der Waals surface area (Å²) in [4.78, 5) is 5.93. The molecule has 160 valence electrons. The fourth-order valence-electron chi connectivity index (χ4n) is 2.92. The molecule has 0 bridgehead atoms. The molecule has 0 heterocycles. The molecule has 1 aromatic rings. The third-order valence-corrected chi connectivity index (χ3v) is 5.99. The molecule has 4 N–H and O–H groups in total. The van der Waals surface area contributed by atoms with Gasteiger partial charge in [0.25, 0.3) is 10.0 Å². The molecule has 0 aliphatic heterocycles. The molecule has 27 heavy (non-hydrogen) atoms. The standard InChI is InChI=1S/C18H33N3O3S.2ClH/c1-15-13-16(2)18(17(3)14-15)25(22,23)21(24-12-8-10-20)11-7-5-4-6-9-19;;/h13-14H,4-12,19-20H2,1-3H3;2*1H. The lowest BCUT2D eigenvalue weighted by atomic mass is 10.1. The number of hydroxylamine groups is 1. The van der Waals surface area contributed by atoms with Crippen LogP contribution in [0.3, 0.4) is 0 Å². The largest absolute Gasteiger partial charge is 0.330 e. The van der Waals surface area contributed by atoms with Gasteiger partial charge in [-0.1, -0.05) is 35.0 Å². The number of hydrogen-bond donors (Lipinski definition) is 2. The molecule has 0 fully saturated rings. The van der Waals surface area contributed by atoms with E-state index in [1.165, 1.54) is 0 Å². The Morgan fingerprint density at radius 3 is 1.93 bits per heavy atom. The Labute approximate surface area is 176 Å². The van der Waals surface area contributed by atoms with Crippen LogP contribution in [0.5, 0.6) is 0 Å². The Balaban J connectivity index is 0. The third-order valence-electron chi connectivity index (χ3n) is 4.01. The number of nitrogens with two attached hydrogens (primary N) is 2. The maximum Gasteiger partial charge on any atom is 0.265 e. The summed E-state index contributed by atoms with van der Waals surface area (Å²) in [6, 6.07) is 3.78. The topological polar surface area (TPSA) is 98.7 Å². The van der Waals surface area contributed by atoms with E-state index in [4.69, 9.17) is 16.3 Å². The number of unbranched alkanes of at least 4 members (excludes halogenated alkanes) is 3. The number of hydrogen-bond acceptors (Lipinski definition) is 5. The van der Waals surface area contributed by atoms with Crippen molar-refractivity contribution in [3.63, 3.8) is 0 Å². The highest BCUT2D eigenvalue weighted by molar-refractivity contribution is 7.89. The van der Waals surface area contributed by atoms with E-state index >= 15 is 0 Å². The first kappa shape index (κ1) is 28.8. The van der Waals surface area contributed by atoms with Crippen LogP contribution < -0.4 is 11.5 Å². The first-order valence-corrected chi connectivity index (χ1v) is 10.4. The van der Waals surface area contributed by atoms with Gasteiger partial charge in [-0.05, 0) is 64.3 Å². The van der Waals surface area contributed by atoms with Crippen LogP contribution in [0, 0.1) is 20.8 Å². The van der Waals surface area contributed by atoms with Crippen LogP contribution in [0.25, 0.3) is 0 Å². The van der Waals surface area contributed by atoms with Gasteiger partial charge in [-0.25, -0.2) is 8.42 Å². The molecule has 0 atom stereocenters. The Bertz CT molecular complexity index is 620. The molecule has 0 aliphatic carbocycles. The average molecular weight is 444 g/mol. The van der Waals surface area contributed by atoms with Crippen LogP contribution in [0.15, 0.2) is 17.0 Å². The molecule has 9 heteroatoms. The highest BCUT2D eigenvalue weighted by Crippen LogP contribution is 2.26. The van der Waals surface area contributed by atoms with Crippen molar-refractivity contribution >= 4 is 34.8 Å². The van der Waals surface area contributed by atoms with Crippen molar-refractivity contribution in [2.45, 2.75) is 57.8 Å². The maximum absolute atomic E-state index is 13.1. The van der Waals surface area contributed by atoms with E-state index in [0.717, 1.165) is 46.8 Å². The summed E-state index contributed by atoms with van der Waals surface area (Å²) in [5.74, 6) is 0. The number of rotatable bonds is 12. The average Bonchev–Trinajstić information content (AvgIpc) is 2.51. The van der Waals surface area contributed by atoms with Crippen LogP contribution in [0.4, 0.5) is 0 Å². The van der Waals surface area contributed by atoms with Crippen molar-refractivity contribution in [3.8, 4) is 0 Å². The molecule has 0 aromatic heterocycles. The van der Waals surface area contributed by atoms with Crippen molar-refractivity contribution < 1.29 is 13.3 Å². The van der Waals surface area contributed by atoms with E-state index in [0.29, 0.717) is 37.6 Å². The third kappa shape index (κ3) is 9.09. The zero-order chi connectivity index (χ0) is 18.9. The summed E-state index contributed by atoms with van der Waals surface area (Å²) in [6.07, 6.45) is 4.24. The summed E-state index contributed by atoms with van der Waals surface area (Å²) < 4.78 is 27.4. The van der Waals surface area contributed by atoms with E-state index in [-0.39, 0.29) is 24.8 Å². The molecule has 0 unspecified atom stereocenters. The maximum atomic E-state index is 13.1. The monoisotopic (exact) mass is 443 g/mol. The van der Waals surface area contributed by atoms with Crippen molar-refractivity contribution in [1.82, 2.24) is 4.47 Å². The normalized spacial score (nSPS) is 11.2. The fourth-order valence-corrected chi connectivity index (χ4v) is 4.64. The van der Waals surface area contributed by atoms with E-state index in [2.05, 4.69) is 0 Å². The van der Waals surface area contributed by atoms with Gasteiger partial charge in [0.2, 0.25) is 0 Å². The molecule has 0 saturated carbocycles. The first-order chi connectivity index (χ1) is 11.8. The summed E-state index contributed by atoms with van der Waals surface area (Å²) in [5, 5.41) is 0. The van der Waals surface area contributed by atoms with Crippen molar-refractivity contribution in [1.29, 1.82) is 0 Å². The van der Waals surface area contributed by atoms with Crippen LogP contribution in [0.2, 0.25) is 0 Å². The highest BCUT2D eigenvalue weighted by Gasteiger charge is 2.28. The predicted molar refractivity (Wildman–Crippen MR) is 116 cm³/mol. The highest BCUT2D eigenvalue weighted by atomic mass is 35.5. The van der Waals surface area contributed by atoms with Gasteiger partial charge < -0.3 is 11.5 Å². The molecule has 0 amide bonds. The van der Waals surface area contributed by atoms with Gasteiger partial charge in [-0.15, -0.1) is 24.8 Å². The number of benzene rings is 1. The molecule has 1 aromatic carbocycles. The lowest BCUT2D eigenvalue weighted by molar-refractivity contribution is -0.0853. The van der Waals surface area contributed by atoms with Gasteiger partial charge in [0.15, 0.2) is 0 Å². The molecule has 1 rings (SSSR count). The molecule has 0 radical (unpaired) electrons. The lowest BCUT2D eigenvalue weighted by Crippen LogP contribution is -2.34. The summed E-state index contributed by atoms with van der Waals surface area (Å²) >= 11 is 0. The Morgan fingerprint density at radius 1 is 0.889 bits per heavy atom. The Morgan fingerprint density at radius 2 is 1.41 bits per heavy atom. The van der Waals surface area contributed by atoms with Gasteiger partial charge in [0.1, 0.15) is 0 Å². The number of halogens is 2. The lowest BCUT2D eigenvalue weighted by Gasteiger charge is -2.24. The van der Waals surface area contributed by atoms with Gasteiger partial charge in [0.05, 0.1) is 11.5 Å². The predicted octanol–water partition coefficient (Wildman–Crippen LogP) is 3.25. The Kier molecular flexibility index (Phi) is 15.5. The molecule has 0 spiro atoms. The first-order valence-electron chi connectivity index (χ1n) is 8.98. The van der Waals surface area contributed by atoms with Crippen molar-refractivity contribution in [3.05, 3.63) is 28.8 Å². The van der Waals surface area contributed by atoms with Crippen LogP contribution in [-0.4, -0.2) is 39.1 Å². The SMILES string of the molecule is Cc1cc(C)c(S(=O)(=O)N(CCCCCCN)OCCCN)c(C)c1.Cl.Cl. The van der Waals surface area contributed by atoms with Crippen LogP contribution in [0.1, 0.15) is 48.8 Å². The molecular weight excluding hydrogens is 409 g/mol. The van der Waals surface area contributed by atoms with E-state index in [9.17, 15) is 8.42 Å². The van der Waals surface area contributed by atoms with Crippen LogP contribution >= 0.6 is 24.8 Å². The summed E-state index contributed by atoms with van der Waals surface area (Å²) in [7, 11) is -3.71. The van der Waals surface area contributed by atoms with Crippen LogP contribution in [-0.2, 0) is 14.9 Å².